The standard InChI is InChI=1S/C54H38N2/c1-4-14-39(15-5-1)41-24-31-46(32-25-41)55(47-33-26-42(27-34-47)40-16-6-2-7-17-40)54-37-30-45(38-51(54)44-18-8-3-9-19-44)43-28-35-48(36-29-43)56-52-22-12-10-20-49(52)50-21-11-13-23-53(50)56/h1-38H. The number of anilines is 3. The van der Waals surface area contributed by atoms with Crippen molar-refractivity contribution in [2.75, 3.05) is 4.90 Å². The summed E-state index contributed by atoms with van der Waals surface area (Å²) < 4.78 is 2.37. The molecule has 1 heterocycles. The van der Waals surface area contributed by atoms with Crippen LogP contribution in [-0.4, -0.2) is 4.57 Å². The third kappa shape index (κ3) is 6.14. The quantitative estimate of drug-likeness (QED) is 0.152. The highest BCUT2D eigenvalue weighted by Gasteiger charge is 2.19. The van der Waals surface area contributed by atoms with Crippen molar-refractivity contribution >= 4 is 38.9 Å². The molecule has 0 atom stereocenters. The zero-order chi connectivity index (χ0) is 37.3. The lowest BCUT2D eigenvalue weighted by molar-refractivity contribution is 1.18. The average molecular weight is 715 g/mol. The fraction of sp³-hybridized carbons (Fsp3) is 0. The van der Waals surface area contributed by atoms with Gasteiger partial charge < -0.3 is 9.47 Å². The van der Waals surface area contributed by atoms with Crippen LogP contribution >= 0.6 is 0 Å². The molecule has 0 bridgehead atoms. The number of aromatic nitrogens is 1. The van der Waals surface area contributed by atoms with Crippen LogP contribution in [-0.2, 0) is 0 Å². The first kappa shape index (κ1) is 33.2. The lowest BCUT2D eigenvalue weighted by Gasteiger charge is -2.29. The van der Waals surface area contributed by atoms with Crippen molar-refractivity contribution in [2.24, 2.45) is 0 Å². The molecule has 0 spiro atoms. The van der Waals surface area contributed by atoms with E-state index in [0.29, 0.717) is 0 Å². The van der Waals surface area contributed by atoms with Gasteiger partial charge in [0.05, 0.1) is 16.7 Å². The SMILES string of the molecule is c1ccc(-c2ccc(N(c3ccc(-c4ccccc4)cc3)c3ccc(-c4ccc(-n5c6ccccc6c6ccccc65)cc4)cc3-c3ccccc3)cc2)cc1. The number of hydrogen-bond acceptors (Lipinski definition) is 1. The number of benzene rings is 9. The summed E-state index contributed by atoms with van der Waals surface area (Å²) in [6.45, 7) is 0. The van der Waals surface area contributed by atoms with Crippen LogP contribution in [0, 0.1) is 0 Å². The Bertz CT molecular complexity index is 2770. The maximum Gasteiger partial charge on any atom is 0.0541 e. The van der Waals surface area contributed by atoms with Crippen LogP contribution < -0.4 is 4.90 Å². The average Bonchev–Trinajstić information content (AvgIpc) is 3.62. The molecule has 0 fully saturated rings. The normalized spacial score (nSPS) is 11.2. The van der Waals surface area contributed by atoms with E-state index in [1.165, 1.54) is 55.2 Å². The van der Waals surface area contributed by atoms with Crippen molar-refractivity contribution < 1.29 is 0 Å². The maximum absolute atomic E-state index is 2.39. The Labute approximate surface area is 327 Å². The first-order valence-corrected chi connectivity index (χ1v) is 19.2. The Morgan fingerprint density at radius 2 is 0.661 bits per heavy atom. The van der Waals surface area contributed by atoms with Gasteiger partial charge in [-0.2, -0.15) is 0 Å². The van der Waals surface area contributed by atoms with E-state index in [9.17, 15) is 0 Å². The van der Waals surface area contributed by atoms with Crippen LogP contribution in [0.2, 0.25) is 0 Å². The van der Waals surface area contributed by atoms with Crippen molar-refractivity contribution in [3.05, 3.63) is 231 Å². The summed E-state index contributed by atoms with van der Waals surface area (Å²) in [4.78, 5) is 2.39. The topological polar surface area (TPSA) is 8.17 Å². The molecular weight excluding hydrogens is 677 g/mol. The summed E-state index contributed by atoms with van der Waals surface area (Å²) in [5.41, 5.74) is 16.3. The van der Waals surface area contributed by atoms with E-state index >= 15 is 0 Å². The van der Waals surface area contributed by atoms with Gasteiger partial charge in [0.15, 0.2) is 0 Å². The highest BCUT2D eigenvalue weighted by Crippen LogP contribution is 2.44. The van der Waals surface area contributed by atoms with Crippen LogP contribution in [0.5, 0.6) is 0 Å². The molecule has 9 aromatic carbocycles. The van der Waals surface area contributed by atoms with E-state index in [0.717, 1.165) is 33.9 Å². The number of rotatable bonds is 8. The van der Waals surface area contributed by atoms with E-state index in [2.05, 4.69) is 240 Å². The fourth-order valence-corrected chi connectivity index (χ4v) is 8.06. The Balaban J connectivity index is 1.09. The van der Waals surface area contributed by atoms with Gasteiger partial charge in [-0.25, -0.2) is 0 Å². The lowest BCUT2D eigenvalue weighted by Crippen LogP contribution is -2.11. The summed E-state index contributed by atoms with van der Waals surface area (Å²) >= 11 is 0. The zero-order valence-corrected chi connectivity index (χ0v) is 30.8. The van der Waals surface area contributed by atoms with Gasteiger partial charge in [0.25, 0.3) is 0 Å². The lowest BCUT2D eigenvalue weighted by atomic mass is 9.95. The molecule has 10 rings (SSSR count). The van der Waals surface area contributed by atoms with Gasteiger partial charge in [0.2, 0.25) is 0 Å². The molecular formula is C54H38N2. The molecule has 0 unspecified atom stereocenters. The van der Waals surface area contributed by atoms with Gasteiger partial charge in [-0.15, -0.1) is 0 Å². The Hall–Kier alpha value is -7.42. The molecule has 0 aliphatic heterocycles. The molecule has 0 N–H and O–H groups in total. The molecule has 2 heteroatoms. The molecule has 1 aromatic heterocycles. The van der Waals surface area contributed by atoms with Gasteiger partial charge in [0, 0.05) is 33.4 Å². The Morgan fingerprint density at radius 3 is 1.16 bits per heavy atom. The highest BCUT2D eigenvalue weighted by atomic mass is 15.1. The summed E-state index contributed by atoms with van der Waals surface area (Å²) in [5, 5.41) is 2.54. The first-order valence-electron chi connectivity index (χ1n) is 19.2. The number of fused-ring (bicyclic) bond motifs is 3. The van der Waals surface area contributed by atoms with E-state index in [1.807, 2.05) is 0 Å². The predicted molar refractivity (Wildman–Crippen MR) is 237 cm³/mol. The summed E-state index contributed by atoms with van der Waals surface area (Å²) in [7, 11) is 0. The summed E-state index contributed by atoms with van der Waals surface area (Å²) in [6.07, 6.45) is 0. The molecule has 0 radical (unpaired) electrons. The third-order valence-electron chi connectivity index (χ3n) is 10.8. The first-order chi connectivity index (χ1) is 27.8. The number of para-hydroxylation sites is 2. The molecule has 0 amide bonds. The minimum absolute atomic E-state index is 1.10. The number of nitrogens with zero attached hydrogens (tertiary/aromatic N) is 2. The zero-order valence-electron chi connectivity index (χ0n) is 30.8. The Morgan fingerprint density at radius 1 is 0.286 bits per heavy atom. The molecule has 0 saturated heterocycles. The second kappa shape index (κ2) is 14.4. The monoisotopic (exact) mass is 714 g/mol. The largest absolute Gasteiger partial charge is 0.310 e. The number of hydrogen-bond donors (Lipinski definition) is 0. The van der Waals surface area contributed by atoms with Gasteiger partial charge in [-0.05, 0) is 99.6 Å². The van der Waals surface area contributed by atoms with E-state index in [-0.39, 0.29) is 0 Å². The van der Waals surface area contributed by atoms with E-state index in [1.54, 1.807) is 0 Å². The van der Waals surface area contributed by atoms with E-state index < -0.39 is 0 Å². The summed E-state index contributed by atoms with van der Waals surface area (Å²) in [5.74, 6) is 0. The van der Waals surface area contributed by atoms with Gasteiger partial charge in [0.1, 0.15) is 0 Å². The fourth-order valence-electron chi connectivity index (χ4n) is 8.06. The van der Waals surface area contributed by atoms with Crippen molar-refractivity contribution in [2.45, 2.75) is 0 Å². The summed E-state index contributed by atoms with van der Waals surface area (Å²) in [6, 6.07) is 83.0. The second-order valence-corrected chi connectivity index (χ2v) is 14.2. The molecule has 0 aliphatic rings. The van der Waals surface area contributed by atoms with Gasteiger partial charge >= 0.3 is 0 Å². The minimum atomic E-state index is 1.10. The van der Waals surface area contributed by atoms with Crippen LogP contribution in [0.1, 0.15) is 0 Å². The molecule has 264 valence electrons. The molecule has 10 aromatic rings. The van der Waals surface area contributed by atoms with Crippen molar-refractivity contribution in [3.63, 3.8) is 0 Å². The predicted octanol–water partition coefficient (Wildman–Crippen LogP) is 14.9. The van der Waals surface area contributed by atoms with Crippen molar-refractivity contribution in [1.82, 2.24) is 4.57 Å². The second-order valence-electron chi connectivity index (χ2n) is 14.2. The maximum atomic E-state index is 2.39. The van der Waals surface area contributed by atoms with Crippen LogP contribution in [0.15, 0.2) is 231 Å². The third-order valence-corrected chi connectivity index (χ3v) is 10.8. The van der Waals surface area contributed by atoms with Gasteiger partial charge in [-0.1, -0.05) is 170 Å². The minimum Gasteiger partial charge on any atom is -0.310 e. The smallest absolute Gasteiger partial charge is 0.0541 e. The van der Waals surface area contributed by atoms with E-state index in [4.69, 9.17) is 0 Å². The van der Waals surface area contributed by atoms with Crippen molar-refractivity contribution in [1.29, 1.82) is 0 Å². The van der Waals surface area contributed by atoms with Gasteiger partial charge in [-0.3, -0.25) is 0 Å². The molecule has 2 nitrogen and oxygen atoms in total. The molecule has 0 saturated carbocycles. The van der Waals surface area contributed by atoms with Crippen LogP contribution in [0.3, 0.4) is 0 Å². The van der Waals surface area contributed by atoms with Crippen LogP contribution in [0.4, 0.5) is 17.1 Å². The molecule has 0 aliphatic carbocycles. The highest BCUT2D eigenvalue weighted by molar-refractivity contribution is 6.09. The molecule has 56 heavy (non-hydrogen) atoms. The Kier molecular flexibility index (Phi) is 8.55. The van der Waals surface area contributed by atoms with Crippen molar-refractivity contribution in [3.8, 4) is 50.2 Å². The van der Waals surface area contributed by atoms with Crippen LogP contribution in [0.25, 0.3) is 72.0 Å².